The average Bonchev–Trinajstić information content (AvgIpc) is 3.19. The Morgan fingerprint density at radius 3 is 3.15 bits per heavy atom. The fourth-order valence-corrected chi connectivity index (χ4v) is 3.88. The second-order valence-electron chi connectivity index (χ2n) is 5.74. The molecule has 0 aliphatic carbocycles. The molecule has 1 aromatic heterocycles. The number of furan rings is 1. The topological polar surface area (TPSA) is 42.7 Å². The van der Waals surface area contributed by atoms with E-state index < -0.39 is 5.60 Å². The first kappa shape index (κ1) is 12.0. The minimum absolute atomic E-state index is 0.0198. The van der Waals surface area contributed by atoms with Crippen molar-refractivity contribution in [2.24, 2.45) is 5.92 Å². The summed E-state index contributed by atoms with van der Waals surface area (Å²) in [7, 11) is 0. The van der Waals surface area contributed by atoms with Crippen molar-refractivity contribution in [3.8, 4) is 0 Å². The first-order valence-corrected chi connectivity index (χ1v) is 7.05. The Bertz CT molecular complexity index is 577. The highest BCUT2D eigenvalue weighted by atomic mass is 16.5. The Kier molecular flexibility index (Phi) is 2.45. The van der Waals surface area contributed by atoms with Crippen LogP contribution in [0, 0.1) is 5.92 Å². The molecule has 104 valence electrons. The lowest BCUT2D eigenvalue weighted by Crippen LogP contribution is -2.44. The van der Waals surface area contributed by atoms with Crippen molar-refractivity contribution < 1.29 is 13.9 Å². The van der Waals surface area contributed by atoms with E-state index in [1.807, 2.05) is 23.1 Å². The van der Waals surface area contributed by atoms with Gasteiger partial charge in [0, 0.05) is 0 Å². The van der Waals surface area contributed by atoms with E-state index in [2.05, 4.69) is 18.7 Å². The minimum Gasteiger partial charge on any atom is -0.467 e. The molecule has 20 heavy (non-hydrogen) atoms. The van der Waals surface area contributed by atoms with Gasteiger partial charge in [-0.15, -0.1) is 6.58 Å². The van der Waals surface area contributed by atoms with E-state index >= 15 is 0 Å². The van der Waals surface area contributed by atoms with E-state index in [0.29, 0.717) is 6.54 Å². The molecule has 3 aliphatic heterocycles. The van der Waals surface area contributed by atoms with Crippen LogP contribution < -0.4 is 0 Å². The van der Waals surface area contributed by atoms with Gasteiger partial charge in [0.2, 0.25) is 5.91 Å². The summed E-state index contributed by atoms with van der Waals surface area (Å²) in [6, 6.07) is 3.77. The van der Waals surface area contributed by atoms with Crippen molar-refractivity contribution >= 4 is 5.91 Å². The van der Waals surface area contributed by atoms with E-state index in [1.54, 1.807) is 6.26 Å². The molecule has 4 atom stereocenters. The van der Waals surface area contributed by atoms with Crippen LogP contribution in [0.4, 0.5) is 0 Å². The Balaban J connectivity index is 1.70. The van der Waals surface area contributed by atoms with Crippen molar-refractivity contribution in [1.29, 1.82) is 0 Å². The molecule has 2 bridgehead atoms. The van der Waals surface area contributed by atoms with Gasteiger partial charge in [-0.3, -0.25) is 4.79 Å². The van der Waals surface area contributed by atoms with Crippen LogP contribution in [0.2, 0.25) is 0 Å². The largest absolute Gasteiger partial charge is 0.467 e. The standard InChI is InChI=1S/C16H17NO3/c1-2-4-14-16-7-6-11(20-16)9-13(16)15(18)17(14)10-12-5-3-8-19-12/h2-3,5-8,11,13-14H,1,4,9-10H2/t11-,13+,14?,16+/m1/s1. The maximum absolute atomic E-state index is 12.7. The molecule has 1 spiro atoms. The van der Waals surface area contributed by atoms with E-state index in [9.17, 15) is 4.79 Å². The Hall–Kier alpha value is -1.81. The second-order valence-corrected chi connectivity index (χ2v) is 5.74. The zero-order valence-electron chi connectivity index (χ0n) is 11.2. The van der Waals surface area contributed by atoms with Crippen molar-refractivity contribution in [1.82, 2.24) is 4.90 Å². The van der Waals surface area contributed by atoms with Gasteiger partial charge in [0.25, 0.3) is 0 Å². The highest BCUT2D eigenvalue weighted by Crippen LogP contribution is 2.53. The van der Waals surface area contributed by atoms with Gasteiger partial charge in [-0.05, 0) is 25.0 Å². The quantitative estimate of drug-likeness (QED) is 0.789. The van der Waals surface area contributed by atoms with E-state index in [-0.39, 0.29) is 24.0 Å². The molecule has 4 rings (SSSR count). The zero-order chi connectivity index (χ0) is 13.7. The number of carbonyl (C=O) groups excluding carboxylic acids is 1. The van der Waals surface area contributed by atoms with Crippen molar-refractivity contribution in [2.45, 2.75) is 37.1 Å². The monoisotopic (exact) mass is 271 g/mol. The minimum atomic E-state index is -0.442. The lowest BCUT2D eigenvalue weighted by molar-refractivity contribution is -0.133. The third kappa shape index (κ3) is 1.43. The summed E-state index contributed by atoms with van der Waals surface area (Å²) < 4.78 is 11.5. The van der Waals surface area contributed by atoms with Gasteiger partial charge in [-0.2, -0.15) is 0 Å². The molecule has 3 aliphatic rings. The Labute approximate surface area is 117 Å². The Morgan fingerprint density at radius 1 is 1.55 bits per heavy atom. The first-order valence-electron chi connectivity index (χ1n) is 7.05. The number of rotatable bonds is 4. The summed E-state index contributed by atoms with van der Waals surface area (Å²) in [5, 5.41) is 0. The van der Waals surface area contributed by atoms with Crippen LogP contribution in [-0.2, 0) is 16.1 Å². The molecular weight excluding hydrogens is 254 g/mol. The summed E-state index contributed by atoms with van der Waals surface area (Å²) in [5.74, 6) is 0.944. The molecule has 2 fully saturated rings. The zero-order valence-corrected chi connectivity index (χ0v) is 11.2. The van der Waals surface area contributed by atoms with E-state index in [4.69, 9.17) is 9.15 Å². The normalized spacial score (nSPS) is 37.7. The fraction of sp³-hybridized carbons (Fsp3) is 0.438. The van der Waals surface area contributed by atoms with E-state index in [1.165, 1.54) is 0 Å². The molecule has 4 nitrogen and oxygen atoms in total. The number of carbonyl (C=O) groups is 1. The molecule has 4 heterocycles. The third-order valence-corrected chi connectivity index (χ3v) is 4.71. The number of fused-ring (bicyclic) bond motifs is 1. The maximum Gasteiger partial charge on any atom is 0.229 e. The molecule has 0 radical (unpaired) electrons. The summed E-state index contributed by atoms with van der Waals surface area (Å²) in [5.41, 5.74) is -0.442. The van der Waals surface area contributed by atoms with Crippen LogP contribution in [0.1, 0.15) is 18.6 Å². The molecule has 4 heteroatoms. The molecule has 0 aromatic carbocycles. The molecule has 0 N–H and O–H groups in total. The second kappa shape index (κ2) is 4.09. The third-order valence-electron chi connectivity index (χ3n) is 4.71. The van der Waals surface area contributed by atoms with Gasteiger partial charge in [0.1, 0.15) is 11.4 Å². The van der Waals surface area contributed by atoms with Crippen molar-refractivity contribution in [3.63, 3.8) is 0 Å². The summed E-state index contributed by atoms with van der Waals surface area (Å²) >= 11 is 0. The number of ether oxygens (including phenoxy) is 1. The summed E-state index contributed by atoms with van der Waals surface area (Å²) in [4.78, 5) is 14.6. The number of hydrogen-bond donors (Lipinski definition) is 0. The van der Waals surface area contributed by atoms with E-state index in [0.717, 1.165) is 18.6 Å². The molecule has 1 amide bonds. The highest BCUT2D eigenvalue weighted by molar-refractivity contribution is 5.85. The van der Waals surface area contributed by atoms with Gasteiger partial charge >= 0.3 is 0 Å². The van der Waals surface area contributed by atoms with Gasteiger partial charge < -0.3 is 14.1 Å². The van der Waals surface area contributed by atoms with Crippen LogP contribution >= 0.6 is 0 Å². The fourth-order valence-electron chi connectivity index (χ4n) is 3.88. The van der Waals surface area contributed by atoms with Crippen LogP contribution in [0.5, 0.6) is 0 Å². The van der Waals surface area contributed by atoms with Crippen molar-refractivity contribution in [3.05, 3.63) is 49.0 Å². The van der Waals surface area contributed by atoms with Gasteiger partial charge in [0.15, 0.2) is 0 Å². The van der Waals surface area contributed by atoms with Gasteiger partial charge in [-0.25, -0.2) is 0 Å². The molecule has 1 unspecified atom stereocenters. The summed E-state index contributed by atoms with van der Waals surface area (Å²) in [6.07, 6.45) is 9.35. The number of nitrogens with zero attached hydrogens (tertiary/aromatic N) is 1. The smallest absolute Gasteiger partial charge is 0.229 e. The number of likely N-dealkylation sites (tertiary alicyclic amines) is 1. The van der Waals surface area contributed by atoms with Gasteiger partial charge in [0.05, 0.1) is 30.9 Å². The molecule has 1 aromatic rings. The SMILES string of the molecule is C=CCC1N(Cc2ccco2)C(=O)[C@@H]2C[C@H]3C=C[C@@]12O3. The maximum atomic E-state index is 12.7. The number of amides is 1. The molecule has 2 saturated heterocycles. The lowest BCUT2D eigenvalue weighted by atomic mass is 9.80. The average molecular weight is 271 g/mol. The predicted octanol–water partition coefficient (Wildman–Crippen LogP) is 2.28. The lowest BCUT2D eigenvalue weighted by Gasteiger charge is -2.32. The summed E-state index contributed by atoms with van der Waals surface area (Å²) in [6.45, 7) is 4.34. The van der Waals surface area contributed by atoms with Crippen LogP contribution in [0.15, 0.2) is 47.6 Å². The van der Waals surface area contributed by atoms with Crippen LogP contribution in [0.25, 0.3) is 0 Å². The highest BCUT2D eigenvalue weighted by Gasteiger charge is 2.64. The number of hydrogen-bond acceptors (Lipinski definition) is 3. The van der Waals surface area contributed by atoms with Crippen molar-refractivity contribution in [2.75, 3.05) is 0 Å². The first-order chi connectivity index (χ1) is 9.74. The van der Waals surface area contributed by atoms with Crippen LogP contribution in [-0.4, -0.2) is 28.6 Å². The molecule has 0 saturated carbocycles. The Morgan fingerprint density at radius 2 is 2.45 bits per heavy atom. The molecular formula is C16H17NO3. The van der Waals surface area contributed by atoms with Gasteiger partial charge in [-0.1, -0.05) is 18.2 Å². The van der Waals surface area contributed by atoms with Crippen LogP contribution in [0.3, 0.4) is 0 Å². The predicted molar refractivity (Wildman–Crippen MR) is 72.7 cm³/mol.